The monoisotopic (exact) mass is 416 g/mol. The molecule has 0 saturated carbocycles. The van der Waals surface area contributed by atoms with Gasteiger partial charge in [0, 0.05) is 10.9 Å². The van der Waals surface area contributed by atoms with E-state index in [0.29, 0.717) is 0 Å². The highest BCUT2D eigenvalue weighted by atomic mass is 32.1. The summed E-state index contributed by atoms with van der Waals surface area (Å²) in [5, 5.41) is 10.5. The lowest BCUT2D eigenvalue weighted by Crippen LogP contribution is -2.15. The van der Waals surface area contributed by atoms with E-state index in [1.54, 1.807) is 11.3 Å². The predicted octanol–water partition coefficient (Wildman–Crippen LogP) is 5.41. The summed E-state index contributed by atoms with van der Waals surface area (Å²) in [5.74, 6) is -0.0922. The fraction of sp³-hybridized carbons (Fsp3) is 0.208. The van der Waals surface area contributed by atoms with E-state index in [1.807, 2.05) is 36.0 Å². The van der Waals surface area contributed by atoms with Crippen LogP contribution in [0.5, 0.6) is 0 Å². The molecule has 0 saturated heterocycles. The Labute approximate surface area is 180 Å². The van der Waals surface area contributed by atoms with Crippen LogP contribution in [-0.2, 0) is 11.2 Å². The standard InChI is InChI=1S/C24H24N4OS/c1-15-5-9-19(10-6-15)24-25-20(14-30-24)13-22(29)26-23-17(3)27-28(18(23)4)21-11-7-16(2)8-12-21/h5-12,14H,13H2,1-4H3,(H,26,29). The first kappa shape index (κ1) is 20.0. The zero-order valence-corrected chi connectivity index (χ0v) is 18.4. The van der Waals surface area contributed by atoms with Gasteiger partial charge in [-0.15, -0.1) is 11.3 Å². The van der Waals surface area contributed by atoms with Crippen LogP contribution in [0.15, 0.2) is 53.9 Å². The Morgan fingerprint density at radius 1 is 0.967 bits per heavy atom. The van der Waals surface area contributed by atoms with Gasteiger partial charge < -0.3 is 5.32 Å². The van der Waals surface area contributed by atoms with E-state index < -0.39 is 0 Å². The summed E-state index contributed by atoms with van der Waals surface area (Å²) in [7, 11) is 0. The van der Waals surface area contributed by atoms with E-state index in [1.165, 1.54) is 11.1 Å². The van der Waals surface area contributed by atoms with Crippen molar-refractivity contribution in [1.29, 1.82) is 0 Å². The van der Waals surface area contributed by atoms with Crippen molar-refractivity contribution in [3.8, 4) is 16.3 Å². The number of amides is 1. The quantitative estimate of drug-likeness (QED) is 0.473. The number of hydrogen-bond donors (Lipinski definition) is 1. The number of aryl methyl sites for hydroxylation is 3. The molecule has 0 aliphatic heterocycles. The summed E-state index contributed by atoms with van der Waals surface area (Å²) in [6.45, 7) is 7.99. The third-order valence-electron chi connectivity index (χ3n) is 5.03. The predicted molar refractivity (Wildman–Crippen MR) is 122 cm³/mol. The molecule has 0 unspecified atom stereocenters. The van der Waals surface area contributed by atoms with Gasteiger partial charge in [-0.05, 0) is 39.8 Å². The van der Waals surface area contributed by atoms with E-state index in [-0.39, 0.29) is 12.3 Å². The highest BCUT2D eigenvalue weighted by Crippen LogP contribution is 2.26. The Morgan fingerprint density at radius 2 is 1.60 bits per heavy atom. The molecule has 0 radical (unpaired) electrons. The zero-order valence-electron chi connectivity index (χ0n) is 17.6. The van der Waals surface area contributed by atoms with Gasteiger partial charge in [-0.3, -0.25) is 4.79 Å². The summed E-state index contributed by atoms with van der Waals surface area (Å²) in [6, 6.07) is 16.4. The molecule has 30 heavy (non-hydrogen) atoms. The van der Waals surface area contributed by atoms with E-state index in [4.69, 9.17) is 0 Å². The smallest absolute Gasteiger partial charge is 0.230 e. The summed E-state index contributed by atoms with van der Waals surface area (Å²) < 4.78 is 1.86. The largest absolute Gasteiger partial charge is 0.323 e. The molecule has 4 aromatic rings. The SMILES string of the molecule is Cc1ccc(-c2nc(CC(=O)Nc3c(C)nn(-c4ccc(C)cc4)c3C)cs2)cc1. The Bertz CT molecular complexity index is 1190. The van der Waals surface area contributed by atoms with Crippen molar-refractivity contribution in [3.05, 3.63) is 82.1 Å². The third-order valence-corrected chi connectivity index (χ3v) is 5.97. The van der Waals surface area contributed by atoms with Gasteiger partial charge in [-0.25, -0.2) is 9.67 Å². The number of carbonyl (C=O) groups excluding carboxylic acids is 1. The topological polar surface area (TPSA) is 59.8 Å². The molecule has 1 N–H and O–H groups in total. The van der Waals surface area contributed by atoms with Crippen molar-refractivity contribution in [3.63, 3.8) is 0 Å². The Morgan fingerprint density at radius 3 is 2.27 bits per heavy atom. The van der Waals surface area contributed by atoms with Gasteiger partial charge in [-0.2, -0.15) is 5.10 Å². The van der Waals surface area contributed by atoms with Gasteiger partial charge in [0.2, 0.25) is 5.91 Å². The fourth-order valence-corrected chi connectivity index (χ4v) is 4.15. The molecule has 152 valence electrons. The fourth-order valence-electron chi connectivity index (χ4n) is 3.33. The maximum atomic E-state index is 12.7. The number of anilines is 1. The molecule has 2 heterocycles. The molecule has 0 bridgehead atoms. The number of hydrogen-bond acceptors (Lipinski definition) is 4. The minimum absolute atomic E-state index is 0.0922. The van der Waals surface area contributed by atoms with Crippen LogP contribution in [0.25, 0.3) is 16.3 Å². The lowest BCUT2D eigenvalue weighted by molar-refractivity contribution is -0.115. The van der Waals surface area contributed by atoms with Gasteiger partial charge in [0.15, 0.2) is 0 Å². The Kier molecular flexibility index (Phi) is 5.50. The number of nitrogens with zero attached hydrogens (tertiary/aromatic N) is 3. The second kappa shape index (κ2) is 8.24. The molecule has 4 rings (SSSR count). The Balaban J connectivity index is 1.48. The number of aromatic nitrogens is 3. The first-order chi connectivity index (χ1) is 14.4. The van der Waals surface area contributed by atoms with E-state index in [2.05, 4.69) is 65.6 Å². The average Bonchev–Trinajstić information content (AvgIpc) is 3.29. The lowest BCUT2D eigenvalue weighted by Gasteiger charge is -2.07. The highest BCUT2D eigenvalue weighted by Gasteiger charge is 2.16. The maximum absolute atomic E-state index is 12.7. The third kappa shape index (κ3) is 4.19. The van der Waals surface area contributed by atoms with Gasteiger partial charge in [0.05, 0.1) is 34.9 Å². The molecule has 0 atom stereocenters. The molecular formula is C24H24N4OS. The van der Waals surface area contributed by atoms with Crippen LogP contribution in [0.1, 0.15) is 28.2 Å². The van der Waals surface area contributed by atoms with E-state index in [0.717, 1.165) is 39.0 Å². The van der Waals surface area contributed by atoms with Crippen LogP contribution in [0, 0.1) is 27.7 Å². The van der Waals surface area contributed by atoms with Crippen LogP contribution in [0.4, 0.5) is 5.69 Å². The van der Waals surface area contributed by atoms with Gasteiger partial charge in [0.25, 0.3) is 0 Å². The molecular weight excluding hydrogens is 392 g/mol. The molecule has 0 fully saturated rings. The number of rotatable bonds is 5. The maximum Gasteiger partial charge on any atom is 0.230 e. The summed E-state index contributed by atoms with van der Waals surface area (Å²) in [5.41, 5.74) is 7.69. The summed E-state index contributed by atoms with van der Waals surface area (Å²) in [6.07, 6.45) is 0.233. The van der Waals surface area contributed by atoms with Crippen LogP contribution in [-0.4, -0.2) is 20.7 Å². The number of carbonyl (C=O) groups is 1. The van der Waals surface area contributed by atoms with Crippen molar-refractivity contribution in [2.75, 3.05) is 5.32 Å². The first-order valence-electron chi connectivity index (χ1n) is 9.85. The van der Waals surface area contributed by atoms with Crippen LogP contribution in [0.2, 0.25) is 0 Å². The molecule has 2 aromatic carbocycles. The van der Waals surface area contributed by atoms with Crippen LogP contribution in [0.3, 0.4) is 0 Å². The molecule has 5 nitrogen and oxygen atoms in total. The van der Waals surface area contributed by atoms with Crippen molar-refractivity contribution in [2.24, 2.45) is 0 Å². The number of nitrogens with one attached hydrogen (secondary N) is 1. The molecule has 0 aliphatic carbocycles. The van der Waals surface area contributed by atoms with Gasteiger partial charge >= 0.3 is 0 Å². The lowest BCUT2D eigenvalue weighted by atomic mass is 10.2. The molecule has 0 aliphatic rings. The molecule has 2 aromatic heterocycles. The number of benzene rings is 2. The Hall–Kier alpha value is -3.25. The van der Waals surface area contributed by atoms with Gasteiger partial charge in [-0.1, -0.05) is 47.5 Å². The summed E-state index contributed by atoms with van der Waals surface area (Å²) in [4.78, 5) is 17.3. The van der Waals surface area contributed by atoms with Crippen LogP contribution >= 0.6 is 11.3 Å². The normalized spacial score (nSPS) is 10.9. The first-order valence-corrected chi connectivity index (χ1v) is 10.7. The second-order valence-corrected chi connectivity index (χ2v) is 8.39. The van der Waals surface area contributed by atoms with Crippen molar-refractivity contribution in [2.45, 2.75) is 34.1 Å². The highest BCUT2D eigenvalue weighted by molar-refractivity contribution is 7.13. The zero-order chi connectivity index (χ0) is 21.3. The van der Waals surface area contributed by atoms with Crippen LogP contribution < -0.4 is 5.32 Å². The minimum atomic E-state index is -0.0922. The van der Waals surface area contributed by atoms with Crippen molar-refractivity contribution < 1.29 is 4.79 Å². The number of thiazole rings is 1. The van der Waals surface area contributed by atoms with Crippen molar-refractivity contribution in [1.82, 2.24) is 14.8 Å². The summed E-state index contributed by atoms with van der Waals surface area (Å²) >= 11 is 1.56. The molecule has 0 spiro atoms. The molecule has 1 amide bonds. The van der Waals surface area contributed by atoms with E-state index in [9.17, 15) is 4.79 Å². The van der Waals surface area contributed by atoms with E-state index >= 15 is 0 Å². The van der Waals surface area contributed by atoms with Crippen molar-refractivity contribution >= 4 is 22.9 Å². The minimum Gasteiger partial charge on any atom is -0.323 e. The molecule has 6 heteroatoms. The van der Waals surface area contributed by atoms with Gasteiger partial charge in [0.1, 0.15) is 5.01 Å². The average molecular weight is 417 g/mol. The second-order valence-electron chi connectivity index (χ2n) is 7.53.